The number of rotatable bonds is 1. The number of hydrogen-bond donors (Lipinski definition) is 0. The van der Waals surface area contributed by atoms with Gasteiger partial charge in [-0.2, -0.15) is 0 Å². The van der Waals surface area contributed by atoms with Gasteiger partial charge in [-0.25, -0.2) is 4.79 Å². The van der Waals surface area contributed by atoms with Gasteiger partial charge in [0.1, 0.15) is 0 Å². The maximum absolute atomic E-state index is 8.75. The minimum atomic E-state index is 0. The lowest BCUT2D eigenvalue weighted by atomic mass is 10.2. The van der Waals surface area contributed by atoms with E-state index >= 15 is 0 Å². The molecule has 3 nitrogen and oxygen atoms in total. The Morgan fingerprint density at radius 1 is 1.23 bits per heavy atom. The van der Waals surface area contributed by atoms with E-state index in [0.29, 0.717) is 0 Å². The molecule has 2 N–H and O–H groups in total. The van der Waals surface area contributed by atoms with E-state index in [1.54, 1.807) is 0 Å². The van der Waals surface area contributed by atoms with E-state index in [9.17, 15) is 0 Å². The van der Waals surface area contributed by atoms with E-state index in [1.165, 1.54) is 5.56 Å². The van der Waals surface area contributed by atoms with Crippen LogP contribution in [0.25, 0.3) is 6.08 Å². The summed E-state index contributed by atoms with van der Waals surface area (Å²) in [4.78, 5) is 8.68. The van der Waals surface area contributed by atoms with E-state index in [4.69, 9.17) is 9.90 Å². The van der Waals surface area contributed by atoms with Crippen molar-refractivity contribution in [3.63, 3.8) is 0 Å². The molecule has 1 aromatic carbocycles. The summed E-state index contributed by atoms with van der Waals surface area (Å²) in [6.45, 7) is 3.63. The van der Waals surface area contributed by atoms with Gasteiger partial charge in [-0.3, -0.25) is 5.11 Å². The van der Waals surface area contributed by atoms with Crippen molar-refractivity contribution < 1.29 is 15.4 Å². The zero-order chi connectivity index (χ0) is 9.23. The van der Waals surface area contributed by atoms with Crippen LogP contribution in [0, 0.1) is 0 Å². The van der Waals surface area contributed by atoms with Gasteiger partial charge >= 0.3 is 0 Å². The van der Waals surface area contributed by atoms with Gasteiger partial charge < -0.3 is 5.48 Å². The van der Waals surface area contributed by atoms with Gasteiger partial charge in [0.2, 0.25) is 6.26 Å². The van der Waals surface area contributed by atoms with Gasteiger partial charge in [0.25, 0.3) is 0 Å². The topological polar surface area (TPSA) is 68.5 Å². The predicted molar refractivity (Wildman–Crippen MR) is 51.1 cm³/mol. The number of benzene rings is 1. The van der Waals surface area contributed by atoms with Crippen molar-refractivity contribution >= 4 is 12.0 Å². The van der Waals surface area contributed by atoms with Gasteiger partial charge in [0.05, 0.1) is 0 Å². The Morgan fingerprint density at radius 2 is 1.69 bits per heavy atom. The molecule has 0 fully saturated rings. The normalized spacial score (nSPS) is 6.46. The van der Waals surface area contributed by atoms with Crippen molar-refractivity contribution in [3.05, 3.63) is 48.7 Å². The SMILES string of the molecule is C=Cc1ccccc1.O.[O]C=C=O. The number of hydrogen-bond acceptors (Lipinski definition) is 1. The molecule has 13 heavy (non-hydrogen) atoms. The third-order valence-corrected chi connectivity index (χ3v) is 1.08. The van der Waals surface area contributed by atoms with Crippen molar-refractivity contribution in [1.29, 1.82) is 0 Å². The Balaban J connectivity index is 0. The summed E-state index contributed by atoms with van der Waals surface area (Å²) in [5.74, 6) is 1.00. The average molecular weight is 179 g/mol. The Kier molecular flexibility index (Phi) is 10.7. The molecule has 1 radical (unpaired) electrons. The fourth-order valence-corrected chi connectivity index (χ4v) is 0.589. The third kappa shape index (κ3) is 8.07. The molecule has 0 atom stereocenters. The van der Waals surface area contributed by atoms with Crippen molar-refractivity contribution in [1.82, 2.24) is 0 Å². The smallest absolute Gasteiger partial charge is 0.225 e. The summed E-state index contributed by atoms with van der Waals surface area (Å²) in [7, 11) is 0. The molecule has 0 heterocycles. The van der Waals surface area contributed by atoms with Gasteiger partial charge in [0, 0.05) is 0 Å². The molecule has 1 rings (SSSR count). The molecule has 0 spiro atoms. The lowest BCUT2D eigenvalue weighted by molar-refractivity contribution is 0.353. The summed E-state index contributed by atoms with van der Waals surface area (Å²) in [5.41, 5.74) is 1.17. The van der Waals surface area contributed by atoms with Crippen LogP contribution in [0.4, 0.5) is 0 Å². The quantitative estimate of drug-likeness (QED) is 0.472. The van der Waals surface area contributed by atoms with E-state index < -0.39 is 0 Å². The second-order valence-corrected chi connectivity index (χ2v) is 1.85. The highest BCUT2D eigenvalue weighted by Gasteiger charge is 1.75. The lowest BCUT2D eigenvalue weighted by Gasteiger charge is -1.85. The highest BCUT2D eigenvalue weighted by atomic mass is 16.2. The molecule has 0 amide bonds. The van der Waals surface area contributed by atoms with Gasteiger partial charge in [0.15, 0.2) is 5.94 Å². The number of carbonyl (C=O) groups excluding carboxylic acids is 1. The van der Waals surface area contributed by atoms with Crippen molar-refractivity contribution in [3.8, 4) is 0 Å². The molecule has 3 heteroatoms. The van der Waals surface area contributed by atoms with Gasteiger partial charge in [-0.05, 0) is 5.56 Å². The second-order valence-electron chi connectivity index (χ2n) is 1.85. The minimum Gasteiger partial charge on any atom is -0.412 e. The van der Waals surface area contributed by atoms with Crippen LogP contribution >= 0.6 is 0 Å². The van der Waals surface area contributed by atoms with Crippen LogP contribution in [0.2, 0.25) is 0 Å². The molecule has 0 saturated heterocycles. The highest BCUT2D eigenvalue weighted by molar-refractivity contribution is 5.45. The second kappa shape index (κ2) is 10.2. The Hall–Kier alpha value is -1.83. The standard InChI is InChI=1S/C8H8.C2HO2.H2O/c1-2-8-6-4-3-5-7-8;3-1-2-4;/h2-7H,1H2;1H;1H2. The zero-order valence-electron chi connectivity index (χ0n) is 7.07. The van der Waals surface area contributed by atoms with Crippen LogP contribution in [0.3, 0.4) is 0 Å². The van der Waals surface area contributed by atoms with Crippen LogP contribution in [-0.4, -0.2) is 11.4 Å². The van der Waals surface area contributed by atoms with Crippen molar-refractivity contribution in [2.75, 3.05) is 0 Å². The maximum atomic E-state index is 8.75. The summed E-state index contributed by atoms with van der Waals surface area (Å²) >= 11 is 0. The maximum Gasteiger partial charge on any atom is 0.225 e. The fraction of sp³-hybridized carbons (Fsp3) is 0. The summed E-state index contributed by atoms with van der Waals surface area (Å²) < 4.78 is 0. The Labute approximate surface area is 77.0 Å². The van der Waals surface area contributed by atoms with Crippen LogP contribution in [0.15, 0.2) is 43.2 Å². The van der Waals surface area contributed by atoms with Gasteiger partial charge in [-0.1, -0.05) is 43.0 Å². The molecular weight excluding hydrogens is 168 g/mol. The molecule has 69 valence electrons. The monoisotopic (exact) mass is 179 g/mol. The van der Waals surface area contributed by atoms with E-state index in [2.05, 4.69) is 6.58 Å². The van der Waals surface area contributed by atoms with E-state index in [-0.39, 0.29) is 11.7 Å². The zero-order valence-corrected chi connectivity index (χ0v) is 7.07. The average Bonchev–Trinajstić information content (AvgIpc) is 2.19. The highest BCUT2D eigenvalue weighted by Crippen LogP contribution is 1.97. The summed E-state index contributed by atoms with van der Waals surface area (Å²) in [6, 6.07) is 10.0. The molecule has 1 aromatic rings. The molecule has 0 aliphatic heterocycles. The molecule has 0 aliphatic rings. The first kappa shape index (κ1) is 13.7. The molecule has 0 aliphatic carbocycles. The Morgan fingerprint density at radius 3 is 1.92 bits per heavy atom. The van der Waals surface area contributed by atoms with Crippen LogP contribution in [0.5, 0.6) is 0 Å². The fourth-order valence-electron chi connectivity index (χ4n) is 0.589. The van der Waals surface area contributed by atoms with Gasteiger partial charge in [-0.15, -0.1) is 0 Å². The van der Waals surface area contributed by atoms with Crippen LogP contribution in [-0.2, 0) is 9.90 Å². The Bertz CT molecular complexity index is 261. The van der Waals surface area contributed by atoms with E-state index in [0.717, 1.165) is 5.94 Å². The lowest BCUT2D eigenvalue weighted by Crippen LogP contribution is -1.63. The first-order chi connectivity index (χ1) is 5.85. The first-order valence-electron chi connectivity index (χ1n) is 3.34. The van der Waals surface area contributed by atoms with Crippen molar-refractivity contribution in [2.45, 2.75) is 0 Å². The molecule has 0 saturated carbocycles. The third-order valence-electron chi connectivity index (χ3n) is 1.08. The van der Waals surface area contributed by atoms with Crippen molar-refractivity contribution in [2.24, 2.45) is 0 Å². The summed E-state index contributed by atoms with van der Waals surface area (Å²) in [5, 5.41) is 8.75. The largest absolute Gasteiger partial charge is 0.412 e. The van der Waals surface area contributed by atoms with E-state index in [1.807, 2.05) is 36.4 Å². The minimum absolute atomic E-state index is 0. The summed E-state index contributed by atoms with van der Waals surface area (Å²) in [6.07, 6.45) is 1.90. The van der Waals surface area contributed by atoms with Crippen LogP contribution < -0.4 is 0 Å². The molecule has 0 aromatic heterocycles. The molecule has 0 bridgehead atoms. The molecule has 0 unspecified atom stereocenters. The first-order valence-corrected chi connectivity index (χ1v) is 3.34. The van der Waals surface area contributed by atoms with Crippen LogP contribution in [0.1, 0.15) is 5.56 Å². The predicted octanol–water partition coefficient (Wildman–Crippen LogP) is 1.27. The molecular formula is C10H11O3.